The summed E-state index contributed by atoms with van der Waals surface area (Å²) in [4.78, 5) is 26.4. The number of rotatable bonds is 3. The van der Waals surface area contributed by atoms with Crippen molar-refractivity contribution in [1.29, 1.82) is 0 Å². The van der Waals surface area contributed by atoms with Crippen LogP contribution in [-0.2, 0) is 24.8 Å². The van der Waals surface area contributed by atoms with Crippen LogP contribution in [0.3, 0.4) is 0 Å². The van der Waals surface area contributed by atoms with Gasteiger partial charge in [-0.15, -0.1) is 0 Å². The van der Waals surface area contributed by atoms with Gasteiger partial charge >= 0.3 is 5.69 Å². The van der Waals surface area contributed by atoms with Crippen LogP contribution >= 0.6 is 0 Å². The van der Waals surface area contributed by atoms with E-state index in [1.807, 2.05) is 0 Å². The molecule has 0 N–H and O–H groups in total. The SMILES string of the molecule is Cn1nc2n(c1=O)C[C@H](C(=O)N1CC(Oc3ccc(F)cc3)C1)CC2. The molecule has 1 aromatic carbocycles. The first-order chi connectivity index (χ1) is 12.0. The highest BCUT2D eigenvalue weighted by Crippen LogP contribution is 2.24. The molecule has 1 saturated heterocycles. The molecule has 1 aromatic heterocycles. The van der Waals surface area contributed by atoms with Crippen molar-refractivity contribution in [2.24, 2.45) is 13.0 Å². The van der Waals surface area contributed by atoms with Gasteiger partial charge in [-0.25, -0.2) is 13.9 Å². The number of fused-ring (bicyclic) bond motifs is 1. The second kappa shape index (κ2) is 6.02. The largest absolute Gasteiger partial charge is 0.487 e. The topological polar surface area (TPSA) is 69.4 Å². The molecule has 8 heteroatoms. The minimum absolute atomic E-state index is 0.0559. The van der Waals surface area contributed by atoms with Gasteiger partial charge in [0.1, 0.15) is 23.5 Å². The zero-order valence-electron chi connectivity index (χ0n) is 13.9. The van der Waals surface area contributed by atoms with Gasteiger partial charge in [0.25, 0.3) is 0 Å². The maximum absolute atomic E-state index is 12.9. The Hall–Kier alpha value is -2.64. The van der Waals surface area contributed by atoms with Gasteiger partial charge in [-0.1, -0.05) is 0 Å². The third-order valence-corrected chi connectivity index (χ3v) is 4.83. The van der Waals surface area contributed by atoms with Gasteiger partial charge < -0.3 is 9.64 Å². The standard InChI is InChI=1S/C17H19FN4O3/c1-20-17(24)22-8-11(2-7-15(22)19-20)16(23)21-9-14(10-21)25-13-5-3-12(18)4-6-13/h3-6,11,14H,2,7-10H2,1H3/t11-/m1/s1. The molecule has 0 saturated carbocycles. The van der Waals surface area contributed by atoms with E-state index in [1.54, 1.807) is 28.6 Å². The van der Waals surface area contributed by atoms with Crippen LogP contribution in [0.25, 0.3) is 0 Å². The van der Waals surface area contributed by atoms with Gasteiger partial charge in [0.2, 0.25) is 5.91 Å². The lowest BCUT2D eigenvalue weighted by Crippen LogP contribution is -2.58. The number of likely N-dealkylation sites (tertiary alicyclic amines) is 1. The van der Waals surface area contributed by atoms with Gasteiger partial charge in [0, 0.05) is 20.0 Å². The van der Waals surface area contributed by atoms with Crippen molar-refractivity contribution < 1.29 is 13.9 Å². The van der Waals surface area contributed by atoms with Crippen molar-refractivity contribution in [2.45, 2.75) is 25.5 Å². The molecule has 7 nitrogen and oxygen atoms in total. The van der Waals surface area contributed by atoms with Crippen LogP contribution in [0, 0.1) is 11.7 Å². The first-order valence-corrected chi connectivity index (χ1v) is 8.35. The van der Waals surface area contributed by atoms with Crippen LogP contribution in [0.1, 0.15) is 12.2 Å². The van der Waals surface area contributed by atoms with Gasteiger partial charge in [-0.3, -0.25) is 9.36 Å². The third-order valence-electron chi connectivity index (χ3n) is 4.83. The predicted molar refractivity (Wildman–Crippen MR) is 86.7 cm³/mol. The molecule has 0 spiro atoms. The number of ether oxygens (including phenoxy) is 1. The van der Waals surface area contributed by atoms with E-state index in [2.05, 4.69) is 5.10 Å². The zero-order chi connectivity index (χ0) is 17.6. The molecule has 25 heavy (non-hydrogen) atoms. The fourth-order valence-corrected chi connectivity index (χ4v) is 3.40. The van der Waals surface area contributed by atoms with Crippen molar-refractivity contribution in [1.82, 2.24) is 19.2 Å². The molecule has 1 amide bonds. The highest BCUT2D eigenvalue weighted by atomic mass is 19.1. The minimum atomic E-state index is -0.305. The highest BCUT2D eigenvalue weighted by molar-refractivity contribution is 5.79. The lowest BCUT2D eigenvalue weighted by atomic mass is 9.96. The zero-order valence-corrected chi connectivity index (χ0v) is 13.9. The number of halogens is 1. The quantitative estimate of drug-likeness (QED) is 0.815. The highest BCUT2D eigenvalue weighted by Gasteiger charge is 2.37. The number of carbonyl (C=O) groups is 1. The Labute approximate surface area is 143 Å². The molecule has 2 aliphatic rings. The van der Waals surface area contributed by atoms with Crippen LogP contribution in [0.2, 0.25) is 0 Å². The second-order valence-electron chi connectivity index (χ2n) is 6.61. The van der Waals surface area contributed by atoms with Crippen molar-refractivity contribution in [2.75, 3.05) is 13.1 Å². The maximum Gasteiger partial charge on any atom is 0.345 e. The van der Waals surface area contributed by atoms with E-state index >= 15 is 0 Å². The molecule has 0 unspecified atom stereocenters. The van der Waals surface area contributed by atoms with E-state index < -0.39 is 0 Å². The van der Waals surface area contributed by atoms with E-state index in [0.717, 1.165) is 5.82 Å². The normalized spacial score (nSPS) is 20.1. The summed E-state index contributed by atoms with van der Waals surface area (Å²) < 4.78 is 21.5. The number of nitrogens with zero attached hydrogens (tertiary/aromatic N) is 4. The Kier molecular flexibility index (Phi) is 3.82. The molecule has 2 aliphatic heterocycles. The molecule has 1 fully saturated rings. The number of amides is 1. The summed E-state index contributed by atoms with van der Waals surface area (Å²) in [5, 5.41) is 4.18. The first-order valence-electron chi connectivity index (χ1n) is 8.35. The van der Waals surface area contributed by atoms with E-state index in [0.29, 0.717) is 38.2 Å². The van der Waals surface area contributed by atoms with E-state index in [9.17, 15) is 14.0 Å². The Bertz CT molecular complexity index is 852. The van der Waals surface area contributed by atoms with Gasteiger partial charge in [0.05, 0.1) is 19.0 Å². The van der Waals surface area contributed by atoms with Gasteiger partial charge in [-0.2, -0.15) is 5.10 Å². The van der Waals surface area contributed by atoms with E-state index in [1.165, 1.54) is 16.8 Å². The Morgan fingerprint density at radius 3 is 2.68 bits per heavy atom. The molecule has 1 atom stereocenters. The van der Waals surface area contributed by atoms with Crippen molar-refractivity contribution in [3.05, 3.63) is 46.4 Å². The number of hydrogen-bond acceptors (Lipinski definition) is 4. The fraction of sp³-hybridized carbons (Fsp3) is 0.471. The Morgan fingerprint density at radius 1 is 1.24 bits per heavy atom. The van der Waals surface area contributed by atoms with Crippen LogP contribution in [0.15, 0.2) is 29.1 Å². The fourth-order valence-electron chi connectivity index (χ4n) is 3.40. The minimum Gasteiger partial charge on any atom is -0.487 e. The summed E-state index contributed by atoms with van der Waals surface area (Å²) in [7, 11) is 1.62. The molecule has 0 radical (unpaired) electrons. The van der Waals surface area contributed by atoms with Crippen LogP contribution in [-0.4, -0.2) is 44.3 Å². The van der Waals surface area contributed by atoms with Crippen molar-refractivity contribution in [3.63, 3.8) is 0 Å². The molecule has 4 rings (SSSR count). The van der Waals surface area contributed by atoms with Crippen LogP contribution < -0.4 is 10.4 Å². The number of carbonyl (C=O) groups excluding carboxylic acids is 1. The van der Waals surface area contributed by atoms with E-state index in [-0.39, 0.29) is 29.4 Å². The number of aromatic nitrogens is 3. The van der Waals surface area contributed by atoms with Crippen LogP contribution in [0.5, 0.6) is 5.75 Å². The van der Waals surface area contributed by atoms with Crippen molar-refractivity contribution in [3.8, 4) is 5.75 Å². The summed E-state index contributed by atoms with van der Waals surface area (Å²) in [6.45, 7) is 1.42. The summed E-state index contributed by atoms with van der Waals surface area (Å²) in [6, 6.07) is 5.86. The average molecular weight is 346 g/mol. The average Bonchev–Trinajstić information content (AvgIpc) is 2.86. The van der Waals surface area contributed by atoms with E-state index in [4.69, 9.17) is 4.74 Å². The maximum atomic E-state index is 12.9. The van der Waals surface area contributed by atoms with Gasteiger partial charge in [-0.05, 0) is 30.7 Å². The first kappa shape index (κ1) is 15.9. The summed E-state index contributed by atoms with van der Waals surface area (Å²) in [6.07, 6.45) is 1.26. The molecule has 0 bridgehead atoms. The van der Waals surface area contributed by atoms with Crippen molar-refractivity contribution >= 4 is 5.91 Å². The molecule has 132 valence electrons. The lowest BCUT2D eigenvalue weighted by molar-refractivity contribution is -0.145. The van der Waals surface area contributed by atoms with Gasteiger partial charge in [0.15, 0.2) is 0 Å². The Morgan fingerprint density at radius 2 is 1.96 bits per heavy atom. The summed E-state index contributed by atoms with van der Waals surface area (Å²) in [5.74, 6) is 0.905. The summed E-state index contributed by atoms with van der Waals surface area (Å²) >= 11 is 0. The molecule has 0 aliphatic carbocycles. The summed E-state index contributed by atoms with van der Waals surface area (Å²) in [5.41, 5.74) is -0.173. The number of benzene rings is 1. The smallest absolute Gasteiger partial charge is 0.345 e. The lowest BCUT2D eigenvalue weighted by Gasteiger charge is -2.41. The molecular formula is C17H19FN4O3. The van der Waals surface area contributed by atoms with Crippen LogP contribution in [0.4, 0.5) is 4.39 Å². The predicted octanol–water partition coefficient (Wildman–Crippen LogP) is 0.573. The Balaban J connectivity index is 1.34. The number of hydrogen-bond donors (Lipinski definition) is 0. The molecule has 3 heterocycles. The third kappa shape index (κ3) is 2.92. The molecule has 2 aromatic rings. The second-order valence-corrected chi connectivity index (χ2v) is 6.61. The number of aryl methyl sites for hydroxylation is 2. The monoisotopic (exact) mass is 346 g/mol. The molecular weight excluding hydrogens is 327 g/mol.